The molecule has 1 N–H and O–H groups in total. The van der Waals surface area contributed by atoms with Gasteiger partial charge >= 0.3 is 0 Å². The largest absolute Gasteiger partial charge is 0.389 e. The smallest absolute Gasteiger partial charge is 0.124 e. The lowest BCUT2D eigenvalue weighted by Gasteiger charge is -2.24. The number of benzene rings is 2. The SMILES string of the molecule is CC(O)(Cc1ccc(Br)cc1)Cc1ccc(F)cc1Br. The number of rotatable bonds is 4. The fourth-order valence-corrected chi connectivity index (χ4v) is 2.94. The van der Waals surface area contributed by atoms with E-state index in [1.807, 2.05) is 24.3 Å². The standard InChI is InChI=1S/C16H15Br2FO/c1-16(20,9-11-2-5-13(17)6-3-11)10-12-4-7-14(19)8-15(12)18/h2-8,20H,9-10H2,1H3. The van der Waals surface area contributed by atoms with Crippen molar-refractivity contribution >= 4 is 31.9 Å². The lowest BCUT2D eigenvalue weighted by atomic mass is 9.90. The molecule has 0 aromatic heterocycles. The van der Waals surface area contributed by atoms with Crippen molar-refractivity contribution in [3.05, 3.63) is 68.4 Å². The monoisotopic (exact) mass is 400 g/mol. The summed E-state index contributed by atoms with van der Waals surface area (Å²) >= 11 is 6.73. The van der Waals surface area contributed by atoms with Crippen molar-refractivity contribution < 1.29 is 9.50 Å². The molecule has 1 atom stereocenters. The topological polar surface area (TPSA) is 20.2 Å². The maximum absolute atomic E-state index is 13.1. The van der Waals surface area contributed by atoms with Gasteiger partial charge in [0.25, 0.3) is 0 Å². The van der Waals surface area contributed by atoms with Crippen LogP contribution in [0.3, 0.4) is 0 Å². The summed E-state index contributed by atoms with van der Waals surface area (Å²) in [4.78, 5) is 0. The first kappa shape index (κ1) is 15.7. The predicted molar refractivity (Wildman–Crippen MR) is 86.3 cm³/mol. The lowest BCUT2D eigenvalue weighted by Crippen LogP contribution is -2.30. The van der Waals surface area contributed by atoms with E-state index in [1.165, 1.54) is 12.1 Å². The Morgan fingerprint density at radius 2 is 1.70 bits per heavy atom. The minimum absolute atomic E-state index is 0.284. The van der Waals surface area contributed by atoms with Crippen molar-refractivity contribution in [2.45, 2.75) is 25.4 Å². The lowest BCUT2D eigenvalue weighted by molar-refractivity contribution is 0.0606. The molecule has 2 rings (SSSR count). The molecule has 1 unspecified atom stereocenters. The predicted octanol–water partition coefficient (Wildman–Crippen LogP) is 4.89. The van der Waals surface area contributed by atoms with E-state index in [2.05, 4.69) is 31.9 Å². The van der Waals surface area contributed by atoms with Crippen LogP contribution in [-0.4, -0.2) is 10.7 Å². The molecular weight excluding hydrogens is 387 g/mol. The Hall–Kier alpha value is -0.710. The summed E-state index contributed by atoms with van der Waals surface area (Å²) < 4.78 is 14.8. The molecule has 4 heteroatoms. The van der Waals surface area contributed by atoms with Gasteiger partial charge in [0.15, 0.2) is 0 Å². The van der Waals surface area contributed by atoms with Crippen LogP contribution >= 0.6 is 31.9 Å². The zero-order valence-corrected chi connectivity index (χ0v) is 14.2. The Kier molecular flexibility index (Phi) is 4.99. The number of aliphatic hydroxyl groups is 1. The highest BCUT2D eigenvalue weighted by Gasteiger charge is 2.22. The highest BCUT2D eigenvalue weighted by atomic mass is 79.9. The van der Waals surface area contributed by atoms with E-state index in [4.69, 9.17) is 0 Å². The molecule has 0 fully saturated rings. The van der Waals surface area contributed by atoms with Gasteiger partial charge in [-0.3, -0.25) is 0 Å². The van der Waals surface area contributed by atoms with E-state index in [0.717, 1.165) is 15.6 Å². The summed E-state index contributed by atoms with van der Waals surface area (Å²) in [7, 11) is 0. The minimum atomic E-state index is -0.881. The quantitative estimate of drug-likeness (QED) is 0.773. The van der Waals surface area contributed by atoms with E-state index in [0.29, 0.717) is 17.3 Å². The second-order valence-electron chi connectivity index (χ2n) is 5.21. The summed E-state index contributed by atoms with van der Waals surface area (Å²) in [5.74, 6) is -0.284. The van der Waals surface area contributed by atoms with Gasteiger partial charge in [-0.2, -0.15) is 0 Å². The summed E-state index contributed by atoms with van der Waals surface area (Å²) in [5, 5.41) is 10.6. The van der Waals surface area contributed by atoms with Crippen LogP contribution in [-0.2, 0) is 12.8 Å². The van der Waals surface area contributed by atoms with E-state index >= 15 is 0 Å². The molecule has 0 heterocycles. The molecule has 2 aromatic rings. The first-order chi connectivity index (χ1) is 9.35. The highest BCUT2D eigenvalue weighted by Crippen LogP contribution is 2.25. The van der Waals surface area contributed by atoms with Gasteiger partial charge in [0.1, 0.15) is 5.82 Å². The zero-order valence-electron chi connectivity index (χ0n) is 11.0. The van der Waals surface area contributed by atoms with Crippen molar-refractivity contribution in [3.8, 4) is 0 Å². The van der Waals surface area contributed by atoms with Crippen LogP contribution in [0.5, 0.6) is 0 Å². The number of hydrogen-bond acceptors (Lipinski definition) is 1. The molecule has 0 saturated heterocycles. The molecule has 0 aliphatic carbocycles. The van der Waals surface area contributed by atoms with E-state index in [9.17, 15) is 9.50 Å². The number of halogens is 3. The van der Waals surface area contributed by atoms with Crippen LogP contribution in [0.25, 0.3) is 0 Å². The molecule has 2 aromatic carbocycles. The second-order valence-corrected chi connectivity index (χ2v) is 6.98. The average Bonchev–Trinajstić information content (AvgIpc) is 2.35. The fourth-order valence-electron chi connectivity index (χ4n) is 2.18. The van der Waals surface area contributed by atoms with E-state index < -0.39 is 5.60 Å². The van der Waals surface area contributed by atoms with Gasteiger partial charge in [-0.15, -0.1) is 0 Å². The Bertz CT molecular complexity index is 594. The van der Waals surface area contributed by atoms with Crippen LogP contribution in [0.1, 0.15) is 18.1 Å². The minimum Gasteiger partial charge on any atom is -0.389 e. The third-order valence-electron chi connectivity index (χ3n) is 3.08. The molecule has 0 bridgehead atoms. The second kappa shape index (κ2) is 6.37. The molecule has 0 radical (unpaired) electrons. The van der Waals surface area contributed by atoms with Crippen LogP contribution < -0.4 is 0 Å². The Balaban J connectivity index is 2.12. The number of hydrogen-bond donors (Lipinski definition) is 1. The highest BCUT2D eigenvalue weighted by molar-refractivity contribution is 9.10. The Labute approximate surface area is 135 Å². The fraction of sp³-hybridized carbons (Fsp3) is 0.250. The van der Waals surface area contributed by atoms with Crippen molar-refractivity contribution in [3.63, 3.8) is 0 Å². The first-order valence-corrected chi connectivity index (χ1v) is 7.85. The molecule has 0 aliphatic heterocycles. The van der Waals surface area contributed by atoms with Crippen molar-refractivity contribution in [2.24, 2.45) is 0 Å². The van der Waals surface area contributed by atoms with Gasteiger partial charge in [-0.25, -0.2) is 4.39 Å². The normalized spacial score (nSPS) is 14.1. The van der Waals surface area contributed by atoms with Gasteiger partial charge < -0.3 is 5.11 Å². The maximum Gasteiger partial charge on any atom is 0.124 e. The molecule has 0 aliphatic rings. The molecule has 20 heavy (non-hydrogen) atoms. The Morgan fingerprint density at radius 1 is 1.05 bits per heavy atom. The molecule has 0 saturated carbocycles. The molecule has 0 amide bonds. The maximum atomic E-state index is 13.1. The summed E-state index contributed by atoms with van der Waals surface area (Å²) in [5.41, 5.74) is 1.08. The average molecular weight is 402 g/mol. The summed E-state index contributed by atoms with van der Waals surface area (Å²) in [6.45, 7) is 1.80. The van der Waals surface area contributed by atoms with Crippen LogP contribution in [0, 0.1) is 5.82 Å². The summed E-state index contributed by atoms with van der Waals surface area (Å²) in [6, 6.07) is 12.4. The van der Waals surface area contributed by atoms with Crippen molar-refractivity contribution in [2.75, 3.05) is 0 Å². The van der Waals surface area contributed by atoms with Crippen LogP contribution in [0.15, 0.2) is 51.4 Å². The van der Waals surface area contributed by atoms with Gasteiger partial charge in [-0.1, -0.05) is 50.1 Å². The third-order valence-corrected chi connectivity index (χ3v) is 4.35. The zero-order chi connectivity index (χ0) is 14.8. The van der Waals surface area contributed by atoms with Crippen molar-refractivity contribution in [1.82, 2.24) is 0 Å². The summed E-state index contributed by atoms with van der Waals surface area (Å²) in [6.07, 6.45) is 1.01. The van der Waals surface area contributed by atoms with Gasteiger partial charge in [0, 0.05) is 21.8 Å². The molecule has 106 valence electrons. The van der Waals surface area contributed by atoms with Crippen molar-refractivity contribution in [1.29, 1.82) is 0 Å². The molecule has 1 nitrogen and oxygen atoms in total. The first-order valence-electron chi connectivity index (χ1n) is 6.26. The molecule has 0 spiro atoms. The van der Waals surface area contributed by atoms with E-state index in [1.54, 1.807) is 13.0 Å². The molecular formula is C16H15Br2FO. The van der Waals surface area contributed by atoms with Crippen LogP contribution in [0.2, 0.25) is 0 Å². The third kappa shape index (κ3) is 4.40. The van der Waals surface area contributed by atoms with Gasteiger partial charge in [-0.05, 0) is 42.3 Å². The Morgan fingerprint density at radius 3 is 2.30 bits per heavy atom. The van der Waals surface area contributed by atoms with Gasteiger partial charge in [0.05, 0.1) is 5.60 Å². The van der Waals surface area contributed by atoms with Gasteiger partial charge in [0.2, 0.25) is 0 Å². The van der Waals surface area contributed by atoms with E-state index in [-0.39, 0.29) is 5.82 Å². The van der Waals surface area contributed by atoms with Crippen LogP contribution in [0.4, 0.5) is 4.39 Å².